The maximum absolute atomic E-state index is 13.8. The van der Waals surface area contributed by atoms with Crippen LogP contribution in [0.25, 0.3) is 0 Å². The van der Waals surface area contributed by atoms with Crippen molar-refractivity contribution < 1.29 is 17.6 Å². The first-order valence-electron chi connectivity index (χ1n) is 9.03. The van der Waals surface area contributed by atoms with Gasteiger partial charge in [0.25, 0.3) is 0 Å². The van der Waals surface area contributed by atoms with Crippen LogP contribution in [0.5, 0.6) is 0 Å². The number of carbonyl (C=O) groups is 1. The Labute approximate surface area is 169 Å². The molecule has 3 aromatic carbocycles. The normalized spacial score (nSPS) is 12.3. The van der Waals surface area contributed by atoms with E-state index in [1.165, 1.54) is 30.3 Å². The van der Waals surface area contributed by atoms with Crippen molar-refractivity contribution in [1.82, 2.24) is 4.72 Å². The minimum absolute atomic E-state index is 0.0469. The average molecular weight is 412 g/mol. The van der Waals surface area contributed by atoms with Crippen LogP contribution in [0.4, 0.5) is 10.1 Å². The summed E-state index contributed by atoms with van der Waals surface area (Å²) in [6.45, 7) is 1.86. The molecule has 2 N–H and O–H groups in total. The van der Waals surface area contributed by atoms with E-state index in [9.17, 15) is 17.6 Å². The first kappa shape index (κ1) is 20.7. The third-order valence-electron chi connectivity index (χ3n) is 4.37. The molecule has 0 heterocycles. The van der Waals surface area contributed by atoms with Gasteiger partial charge in [0.15, 0.2) is 0 Å². The lowest BCUT2D eigenvalue weighted by molar-refractivity contribution is -0.116. The maximum atomic E-state index is 13.8. The fraction of sp³-hybridized carbons (Fsp3) is 0.136. The van der Waals surface area contributed by atoms with Crippen molar-refractivity contribution >= 4 is 21.6 Å². The summed E-state index contributed by atoms with van der Waals surface area (Å²) < 4.78 is 42.0. The van der Waals surface area contributed by atoms with Crippen molar-refractivity contribution in [3.05, 3.63) is 95.8 Å². The molecule has 1 atom stereocenters. The number of anilines is 1. The Morgan fingerprint density at radius 3 is 2.21 bits per heavy atom. The minimum atomic E-state index is -3.86. The molecule has 0 bridgehead atoms. The SMILES string of the molecule is Cc1ccc(S(=O)(=O)N[C@@H](CC(=O)Nc2ccccc2F)c2ccccc2)cc1. The highest BCUT2D eigenvalue weighted by Gasteiger charge is 2.24. The molecule has 5 nitrogen and oxygen atoms in total. The van der Waals surface area contributed by atoms with Gasteiger partial charge in [0, 0.05) is 6.42 Å². The molecular weight excluding hydrogens is 391 g/mol. The number of halogens is 1. The Kier molecular flexibility index (Phi) is 6.41. The molecule has 0 aliphatic rings. The lowest BCUT2D eigenvalue weighted by Crippen LogP contribution is -2.31. The molecule has 150 valence electrons. The van der Waals surface area contributed by atoms with Crippen LogP contribution in [-0.2, 0) is 14.8 Å². The van der Waals surface area contributed by atoms with Crippen LogP contribution in [0.2, 0.25) is 0 Å². The number of aryl methyl sites for hydroxylation is 1. The van der Waals surface area contributed by atoms with E-state index in [-0.39, 0.29) is 17.0 Å². The topological polar surface area (TPSA) is 75.3 Å². The Morgan fingerprint density at radius 1 is 0.931 bits per heavy atom. The second kappa shape index (κ2) is 8.98. The number of rotatable bonds is 7. The highest BCUT2D eigenvalue weighted by Crippen LogP contribution is 2.22. The van der Waals surface area contributed by atoms with Crippen molar-refractivity contribution in [2.24, 2.45) is 0 Å². The highest BCUT2D eigenvalue weighted by molar-refractivity contribution is 7.89. The monoisotopic (exact) mass is 412 g/mol. The maximum Gasteiger partial charge on any atom is 0.241 e. The minimum Gasteiger partial charge on any atom is -0.324 e. The third-order valence-corrected chi connectivity index (χ3v) is 5.86. The van der Waals surface area contributed by atoms with E-state index in [4.69, 9.17) is 0 Å². The Bertz CT molecular complexity index is 1080. The smallest absolute Gasteiger partial charge is 0.241 e. The second-order valence-corrected chi connectivity index (χ2v) is 8.34. The molecule has 0 fully saturated rings. The molecule has 7 heteroatoms. The number of amides is 1. The largest absolute Gasteiger partial charge is 0.324 e. The molecule has 0 spiro atoms. The van der Waals surface area contributed by atoms with Crippen LogP contribution in [0.15, 0.2) is 83.8 Å². The van der Waals surface area contributed by atoms with Crippen molar-refractivity contribution in [1.29, 1.82) is 0 Å². The fourth-order valence-electron chi connectivity index (χ4n) is 2.83. The van der Waals surface area contributed by atoms with Crippen LogP contribution in [0.3, 0.4) is 0 Å². The van der Waals surface area contributed by atoms with E-state index >= 15 is 0 Å². The van der Waals surface area contributed by atoms with E-state index in [1.54, 1.807) is 48.5 Å². The number of hydrogen-bond acceptors (Lipinski definition) is 3. The van der Waals surface area contributed by atoms with Gasteiger partial charge in [0.1, 0.15) is 5.82 Å². The summed E-state index contributed by atoms with van der Waals surface area (Å²) in [7, 11) is -3.86. The Hall–Kier alpha value is -3.03. The van der Waals surface area contributed by atoms with Gasteiger partial charge < -0.3 is 5.32 Å². The predicted octanol–water partition coefficient (Wildman–Crippen LogP) is 4.18. The van der Waals surface area contributed by atoms with Gasteiger partial charge in [-0.25, -0.2) is 17.5 Å². The molecular formula is C22H21FN2O3S. The summed E-state index contributed by atoms with van der Waals surface area (Å²) in [6.07, 6.45) is -0.191. The molecule has 3 aromatic rings. The van der Waals surface area contributed by atoms with Gasteiger partial charge in [0.05, 0.1) is 16.6 Å². The van der Waals surface area contributed by atoms with Gasteiger partial charge in [-0.3, -0.25) is 4.79 Å². The fourth-order valence-corrected chi connectivity index (χ4v) is 4.06. The lowest BCUT2D eigenvalue weighted by atomic mass is 10.0. The van der Waals surface area contributed by atoms with E-state index in [2.05, 4.69) is 10.0 Å². The zero-order chi connectivity index (χ0) is 20.9. The van der Waals surface area contributed by atoms with Crippen LogP contribution in [0.1, 0.15) is 23.6 Å². The quantitative estimate of drug-likeness (QED) is 0.611. The summed E-state index contributed by atoms with van der Waals surface area (Å²) in [4.78, 5) is 12.6. The van der Waals surface area contributed by atoms with Gasteiger partial charge in [-0.15, -0.1) is 0 Å². The van der Waals surface area contributed by atoms with Crippen LogP contribution in [0, 0.1) is 12.7 Å². The molecule has 1 amide bonds. The molecule has 0 saturated heterocycles. The first-order chi connectivity index (χ1) is 13.8. The second-order valence-electron chi connectivity index (χ2n) is 6.63. The van der Waals surface area contributed by atoms with Crippen molar-refractivity contribution in [3.8, 4) is 0 Å². The first-order valence-corrected chi connectivity index (χ1v) is 10.5. The predicted molar refractivity (Wildman–Crippen MR) is 110 cm³/mol. The average Bonchev–Trinajstić information content (AvgIpc) is 2.70. The molecule has 0 aromatic heterocycles. The molecule has 0 aliphatic carbocycles. The summed E-state index contributed by atoms with van der Waals surface area (Å²) in [5.74, 6) is -1.06. The zero-order valence-electron chi connectivity index (χ0n) is 15.8. The van der Waals surface area contributed by atoms with E-state index in [0.717, 1.165) is 5.56 Å². The highest BCUT2D eigenvalue weighted by atomic mass is 32.2. The number of para-hydroxylation sites is 1. The standard InChI is InChI=1S/C22H21FN2O3S/c1-16-11-13-18(14-12-16)29(27,28)25-21(17-7-3-2-4-8-17)15-22(26)24-20-10-6-5-9-19(20)23/h2-14,21,25H,15H2,1H3,(H,24,26)/t21-/m0/s1. The zero-order valence-corrected chi connectivity index (χ0v) is 16.6. The number of hydrogen-bond donors (Lipinski definition) is 2. The summed E-state index contributed by atoms with van der Waals surface area (Å²) in [5.41, 5.74) is 1.62. The molecule has 3 rings (SSSR count). The van der Waals surface area contributed by atoms with Gasteiger partial charge in [-0.1, -0.05) is 60.2 Å². The van der Waals surface area contributed by atoms with Gasteiger partial charge >= 0.3 is 0 Å². The van der Waals surface area contributed by atoms with E-state index < -0.39 is 27.8 Å². The van der Waals surface area contributed by atoms with E-state index in [1.807, 2.05) is 6.92 Å². The van der Waals surface area contributed by atoms with Gasteiger partial charge in [-0.2, -0.15) is 0 Å². The van der Waals surface area contributed by atoms with E-state index in [0.29, 0.717) is 5.56 Å². The Balaban J connectivity index is 1.82. The number of carbonyl (C=O) groups excluding carboxylic acids is 1. The van der Waals surface area contributed by atoms with Crippen LogP contribution >= 0.6 is 0 Å². The molecule has 0 aliphatic heterocycles. The van der Waals surface area contributed by atoms with Crippen molar-refractivity contribution in [3.63, 3.8) is 0 Å². The third kappa shape index (κ3) is 5.49. The van der Waals surface area contributed by atoms with Crippen molar-refractivity contribution in [2.45, 2.75) is 24.3 Å². The summed E-state index contributed by atoms with van der Waals surface area (Å²) >= 11 is 0. The van der Waals surface area contributed by atoms with Crippen LogP contribution < -0.4 is 10.0 Å². The summed E-state index contributed by atoms with van der Waals surface area (Å²) in [6, 6.07) is 20.2. The summed E-state index contributed by atoms with van der Waals surface area (Å²) in [5, 5.41) is 2.49. The number of benzene rings is 3. The Morgan fingerprint density at radius 2 is 1.55 bits per heavy atom. The molecule has 0 radical (unpaired) electrons. The van der Waals surface area contributed by atoms with Crippen molar-refractivity contribution in [2.75, 3.05) is 5.32 Å². The lowest BCUT2D eigenvalue weighted by Gasteiger charge is -2.19. The number of nitrogens with one attached hydrogen (secondary N) is 2. The molecule has 29 heavy (non-hydrogen) atoms. The van der Waals surface area contributed by atoms with Gasteiger partial charge in [-0.05, 0) is 36.8 Å². The molecule has 0 saturated carbocycles. The van der Waals surface area contributed by atoms with Crippen LogP contribution in [-0.4, -0.2) is 14.3 Å². The number of sulfonamides is 1. The van der Waals surface area contributed by atoms with Gasteiger partial charge in [0.2, 0.25) is 15.9 Å². The molecule has 0 unspecified atom stereocenters.